The summed E-state index contributed by atoms with van der Waals surface area (Å²) in [5, 5.41) is 10.9. The summed E-state index contributed by atoms with van der Waals surface area (Å²) >= 11 is 0. The van der Waals surface area contributed by atoms with Crippen molar-refractivity contribution < 1.29 is 9.66 Å². The summed E-state index contributed by atoms with van der Waals surface area (Å²) in [4.78, 5) is 10.5. The zero-order valence-electron chi connectivity index (χ0n) is 9.77. The highest BCUT2D eigenvalue weighted by molar-refractivity contribution is 5.49. The molecule has 0 amide bonds. The number of hydrazine groups is 1. The van der Waals surface area contributed by atoms with Crippen LogP contribution < -0.4 is 15.6 Å². The van der Waals surface area contributed by atoms with Crippen LogP contribution in [0, 0.1) is 16.0 Å². The fourth-order valence-electron chi connectivity index (χ4n) is 2.04. The van der Waals surface area contributed by atoms with Gasteiger partial charge in [-0.15, -0.1) is 0 Å². The van der Waals surface area contributed by atoms with Crippen molar-refractivity contribution in [2.75, 3.05) is 13.7 Å². The van der Waals surface area contributed by atoms with E-state index >= 15 is 0 Å². The van der Waals surface area contributed by atoms with Gasteiger partial charge in [-0.2, -0.15) is 0 Å². The van der Waals surface area contributed by atoms with Crippen LogP contribution in [0.5, 0.6) is 5.75 Å². The fraction of sp³-hybridized carbons (Fsp3) is 0.455. The van der Waals surface area contributed by atoms with E-state index in [1.165, 1.54) is 7.11 Å². The Balaban J connectivity index is 2.36. The monoisotopic (exact) mass is 237 g/mol. The van der Waals surface area contributed by atoms with Crippen molar-refractivity contribution in [3.05, 3.63) is 33.9 Å². The Kier molecular flexibility index (Phi) is 3.26. The molecule has 0 bridgehead atoms. The maximum atomic E-state index is 10.9. The molecule has 0 spiro atoms. The van der Waals surface area contributed by atoms with Crippen LogP contribution >= 0.6 is 0 Å². The summed E-state index contributed by atoms with van der Waals surface area (Å²) in [6.45, 7) is 2.94. The van der Waals surface area contributed by atoms with Crippen LogP contribution in [0.2, 0.25) is 0 Å². The molecule has 1 aliphatic heterocycles. The van der Waals surface area contributed by atoms with Gasteiger partial charge in [0.05, 0.1) is 18.1 Å². The van der Waals surface area contributed by atoms with Gasteiger partial charge >= 0.3 is 5.69 Å². The lowest BCUT2D eigenvalue weighted by atomic mass is 9.96. The third-order valence-electron chi connectivity index (χ3n) is 3.01. The normalized spacial score (nSPS) is 23.6. The van der Waals surface area contributed by atoms with Crippen molar-refractivity contribution in [3.8, 4) is 5.75 Å². The molecule has 1 heterocycles. The van der Waals surface area contributed by atoms with E-state index in [4.69, 9.17) is 4.74 Å². The third kappa shape index (κ3) is 2.22. The van der Waals surface area contributed by atoms with Crippen molar-refractivity contribution in [1.29, 1.82) is 0 Å². The molecule has 6 nitrogen and oxygen atoms in total. The fourth-order valence-corrected chi connectivity index (χ4v) is 2.04. The molecule has 1 fully saturated rings. The van der Waals surface area contributed by atoms with Crippen molar-refractivity contribution in [1.82, 2.24) is 10.9 Å². The third-order valence-corrected chi connectivity index (χ3v) is 3.01. The van der Waals surface area contributed by atoms with Crippen molar-refractivity contribution >= 4 is 5.69 Å². The molecular weight excluding hydrogens is 222 g/mol. The minimum Gasteiger partial charge on any atom is -0.490 e. The SMILES string of the molecule is COc1ccc(C2NNCC2C)cc1[N+](=O)[O-]. The quantitative estimate of drug-likeness (QED) is 0.613. The molecule has 6 heteroatoms. The number of nitro groups is 1. The van der Waals surface area contributed by atoms with Gasteiger partial charge in [0, 0.05) is 12.6 Å². The summed E-state index contributed by atoms with van der Waals surface area (Å²) in [5.41, 5.74) is 7.06. The molecule has 2 atom stereocenters. The molecule has 2 unspecified atom stereocenters. The first kappa shape index (κ1) is 11.8. The first-order valence-electron chi connectivity index (χ1n) is 5.44. The van der Waals surface area contributed by atoms with Gasteiger partial charge in [-0.3, -0.25) is 21.0 Å². The Bertz CT molecular complexity index is 436. The van der Waals surface area contributed by atoms with Crippen LogP contribution in [-0.4, -0.2) is 18.6 Å². The standard InChI is InChI=1S/C11H15N3O3/c1-7-6-12-13-11(7)8-3-4-10(17-2)9(5-8)14(15)16/h3-5,7,11-13H,6H2,1-2H3. The zero-order chi connectivity index (χ0) is 12.4. The Hall–Kier alpha value is -1.66. The molecule has 1 saturated heterocycles. The van der Waals surface area contributed by atoms with Gasteiger partial charge in [0.1, 0.15) is 0 Å². The highest BCUT2D eigenvalue weighted by atomic mass is 16.6. The Labute approximate surface area is 99.1 Å². The summed E-state index contributed by atoms with van der Waals surface area (Å²) in [6.07, 6.45) is 0. The van der Waals surface area contributed by atoms with E-state index < -0.39 is 4.92 Å². The van der Waals surface area contributed by atoms with Gasteiger partial charge in [-0.25, -0.2) is 0 Å². The topological polar surface area (TPSA) is 76.4 Å². The number of nitrogens with one attached hydrogen (secondary N) is 2. The van der Waals surface area contributed by atoms with Crippen LogP contribution in [0.3, 0.4) is 0 Å². The van der Waals surface area contributed by atoms with Crippen molar-refractivity contribution in [3.63, 3.8) is 0 Å². The predicted molar refractivity (Wildman–Crippen MR) is 62.7 cm³/mol. The number of nitro benzene ring substituents is 1. The average Bonchev–Trinajstić information content (AvgIpc) is 2.74. The number of hydrogen-bond acceptors (Lipinski definition) is 5. The molecule has 0 radical (unpaired) electrons. The van der Waals surface area contributed by atoms with Crippen LogP contribution in [0.25, 0.3) is 0 Å². The van der Waals surface area contributed by atoms with E-state index in [0.29, 0.717) is 5.92 Å². The van der Waals surface area contributed by atoms with Gasteiger partial charge in [0.15, 0.2) is 5.75 Å². The Morgan fingerprint density at radius 1 is 1.53 bits per heavy atom. The number of rotatable bonds is 3. The lowest BCUT2D eigenvalue weighted by Crippen LogP contribution is -2.24. The van der Waals surface area contributed by atoms with Crippen molar-refractivity contribution in [2.24, 2.45) is 5.92 Å². The number of methoxy groups -OCH3 is 1. The molecule has 0 saturated carbocycles. The van der Waals surface area contributed by atoms with E-state index in [1.807, 2.05) is 6.07 Å². The number of hydrogen-bond donors (Lipinski definition) is 2. The molecule has 17 heavy (non-hydrogen) atoms. The molecule has 0 aromatic heterocycles. The van der Waals surface area contributed by atoms with Gasteiger partial charge in [-0.05, 0) is 17.5 Å². The van der Waals surface area contributed by atoms with E-state index in [2.05, 4.69) is 17.8 Å². The second-order valence-corrected chi connectivity index (χ2v) is 4.17. The summed E-state index contributed by atoms with van der Waals surface area (Å²) < 4.78 is 4.97. The number of benzene rings is 1. The molecule has 92 valence electrons. The second-order valence-electron chi connectivity index (χ2n) is 4.17. The van der Waals surface area contributed by atoms with Crippen LogP contribution in [0.15, 0.2) is 18.2 Å². The highest BCUT2D eigenvalue weighted by Gasteiger charge is 2.26. The maximum absolute atomic E-state index is 10.9. The molecule has 1 aliphatic rings. The lowest BCUT2D eigenvalue weighted by molar-refractivity contribution is -0.385. The summed E-state index contributed by atoms with van der Waals surface area (Å²) in [7, 11) is 1.43. The molecule has 2 rings (SSSR count). The van der Waals surface area contributed by atoms with E-state index in [9.17, 15) is 10.1 Å². The minimum atomic E-state index is -0.421. The molecule has 1 aromatic carbocycles. The zero-order valence-corrected chi connectivity index (χ0v) is 9.77. The van der Waals surface area contributed by atoms with Crippen molar-refractivity contribution in [2.45, 2.75) is 13.0 Å². The van der Waals surface area contributed by atoms with Crippen LogP contribution in [-0.2, 0) is 0 Å². The van der Waals surface area contributed by atoms with Gasteiger partial charge < -0.3 is 4.74 Å². The second kappa shape index (κ2) is 4.68. The molecule has 1 aromatic rings. The Morgan fingerprint density at radius 2 is 2.29 bits per heavy atom. The highest BCUT2D eigenvalue weighted by Crippen LogP contribution is 2.32. The molecular formula is C11H15N3O3. The first-order chi connectivity index (χ1) is 8.13. The molecule has 0 aliphatic carbocycles. The first-order valence-corrected chi connectivity index (χ1v) is 5.44. The summed E-state index contributed by atoms with van der Waals surface area (Å²) in [5.74, 6) is 0.681. The largest absolute Gasteiger partial charge is 0.490 e. The molecule has 2 N–H and O–H groups in total. The van der Waals surface area contributed by atoms with Crippen LogP contribution in [0.4, 0.5) is 5.69 Å². The summed E-state index contributed by atoms with van der Waals surface area (Å²) in [6, 6.07) is 5.16. The smallest absolute Gasteiger partial charge is 0.311 e. The average molecular weight is 237 g/mol. The van der Waals surface area contributed by atoms with E-state index in [0.717, 1.165) is 12.1 Å². The van der Waals surface area contributed by atoms with Gasteiger partial charge in [-0.1, -0.05) is 13.0 Å². The van der Waals surface area contributed by atoms with Crippen LogP contribution in [0.1, 0.15) is 18.5 Å². The van der Waals surface area contributed by atoms with Gasteiger partial charge in [0.25, 0.3) is 0 Å². The van der Waals surface area contributed by atoms with Gasteiger partial charge in [0.2, 0.25) is 0 Å². The number of ether oxygens (including phenoxy) is 1. The maximum Gasteiger partial charge on any atom is 0.311 e. The predicted octanol–water partition coefficient (Wildman–Crippen LogP) is 1.39. The Morgan fingerprint density at radius 3 is 2.82 bits per heavy atom. The number of nitrogens with zero attached hydrogens (tertiary/aromatic N) is 1. The lowest BCUT2D eigenvalue weighted by Gasteiger charge is -2.15. The van der Waals surface area contributed by atoms with E-state index in [-0.39, 0.29) is 17.5 Å². The minimum absolute atomic E-state index is 0.00546. The van der Waals surface area contributed by atoms with E-state index in [1.54, 1.807) is 12.1 Å².